The van der Waals surface area contributed by atoms with Gasteiger partial charge in [-0.3, -0.25) is 0 Å². The molecule has 2 aromatic carbocycles. The minimum Gasteiger partial charge on any atom is -0.486 e. The van der Waals surface area contributed by atoms with E-state index in [0.29, 0.717) is 5.56 Å². The standard InChI is InChI=1S/C16H16O3/c1-11-10-13(8-9-15(11)16(17)18)12(2)19-14-6-4-3-5-7-14/h3-10,12H,1-2H3,(H,17,18). The van der Waals surface area contributed by atoms with Crippen LogP contribution in [0.5, 0.6) is 5.75 Å². The third-order valence-electron chi connectivity index (χ3n) is 3.01. The Morgan fingerprint density at radius 1 is 1.16 bits per heavy atom. The highest BCUT2D eigenvalue weighted by Gasteiger charge is 2.11. The van der Waals surface area contributed by atoms with Gasteiger partial charge in [0, 0.05) is 0 Å². The molecule has 2 aromatic rings. The van der Waals surface area contributed by atoms with Gasteiger partial charge in [0.25, 0.3) is 0 Å². The molecule has 1 unspecified atom stereocenters. The molecule has 0 radical (unpaired) electrons. The van der Waals surface area contributed by atoms with Gasteiger partial charge in [-0.25, -0.2) is 4.79 Å². The van der Waals surface area contributed by atoms with Crippen molar-refractivity contribution in [3.63, 3.8) is 0 Å². The first-order chi connectivity index (χ1) is 9.08. The lowest BCUT2D eigenvalue weighted by atomic mass is 10.0. The van der Waals surface area contributed by atoms with E-state index in [1.165, 1.54) is 0 Å². The summed E-state index contributed by atoms with van der Waals surface area (Å²) < 4.78 is 5.81. The third kappa shape index (κ3) is 3.13. The van der Waals surface area contributed by atoms with Crippen molar-refractivity contribution in [3.8, 4) is 5.75 Å². The monoisotopic (exact) mass is 256 g/mol. The van der Waals surface area contributed by atoms with Gasteiger partial charge in [0.05, 0.1) is 5.56 Å². The summed E-state index contributed by atoms with van der Waals surface area (Å²) in [6.45, 7) is 3.74. The lowest BCUT2D eigenvalue weighted by Gasteiger charge is -2.16. The molecule has 2 rings (SSSR count). The molecule has 0 bridgehead atoms. The molecule has 3 heteroatoms. The fraction of sp³-hybridized carbons (Fsp3) is 0.188. The molecule has 0 aliphatic heterocycles. The summed E-state index contributed by atoms with van der Waals surface area (Å²) in [7, 11) is 0. The smallest absolute Gasteiger partial charge is 0.335 e. The Bertz CT molecular complexity index is 576. The largest absolute Gasteiger partial charge is 0.486 e. The maximum atomic E-state index is 11.0. The topological polar surface area (TPSA) is 46.5 Å². The van der Waals surface area contributed by atoms with Crippen LogP contribution in [0.1, 0.15) is 34.5 Å². The van der Waals surface area contributed by atoms with Crippen molar-refractivity contribution in [1.82, 2.24) is 0 Å². The van der Waals surface area contributed by atoms with E-state index in [0.717, 1.165) is 16.9 Å². The summed E-state index contributed by atoms with van der Waals surface area (Å²) in [6, 6.07) is 14.8. The van der Waals surface area contributed by atoms with Crippen molar-refractivity contribution in [2.24, 2.45) is 0 Å². The second-order valence-electron chi connectivity index (χ2n) is 4.45. The molecule has 0 aliphatic carbocycles. The van der Waals surface area contributed by atoms with E-state index < -0.39 is 5.97 Å². The summed E-state index contributed by atoms with van der Waals surface area (Å²) >= 11 is 0. The van der Waals surface area contributed by atoms with Crippen LogP contribution in [0.3, 0.4) is 0 Å². The lowest BCUT2D eigenvalue weighted by molar-refractivity contribution is 0.0696. The first-order valence-electron chi connectivity index (χ1n) is 6.13. The van der Waals surface area contributed by atoms with Crippen LogP contribution in [0.4, 0.5) is 0 Å². The first kappa shape index (κ1) is 13.1. The lowest BCUT2D eigenvalue weighted by Crippen LogP contribution is -2.06. The molecule has 19 heavy (non-hydrogen) atoms. The predicted octanol–water partition coefficient (Wildman–Crippen LogP) is 3.83. The molecular formula is C16H16O3. The number of rotatable bonds is 4. The molecular weight excluding hydrogens is 240 g/mol. The Labute approximate surface area is 112 Å². The summed E-state index contributed by atoms with van der Waals surface area (Å²) in [4.78, 5) is 11.0. The van der Waals surface area contributed by atoms with Crippen LogP contribution in [-0.4, -0.2) is 11.1 Å². The molecule has 3 nitrogen and oxygen atoms in total. The van der Waals surface area contributed by atoms with Gasteiger partial charge >= 0.3 is 5.97 Å². The molecule has 0 heterocycles. The molecule has 0 aromatic heterocycles. The Morgan fingerprint density at radius 3 is 2.42 bits per heavy atom. The highest BCUT2D eigenvalue weighted by atomic mass is 16.5. The van der Waals surface area contributed by atoms with Gasteiger partial charge in [-0.1, -0.05) is 30.3 Å². The van der Waals surface area contributed by atoms with Gasteiger partial charge in [0.15, 0.2) is 0 Å². The van der Waals surface area contributed by atoms with Crippen LogP contribution in [0.2, 0.25) is 0 Å². The molecule has 1 atom stereocenters. The Morgan fingerprint density at radius 2 is 1.84 bits per heavy atom. The van der Waals surface area contributed by atoms with E-state index in [2.05, 4.69) is 0 Å². The summed E-state index contributed by atoms with van der Waals surface area (Å²) in [6.07, 6.45) is -0.121. The Hall–Kier alpha value is -2.29. The zero-order valence-electron chi connectivity index (χ0n) is 11.0. The average Bonchev–Trinajstić information content (AvgIpc) is 2.39. The van der Waals surface area contributed by atoms with E-state index in [4.69, 9.17) is 9.84 Å². The molecule has 0 saturated heterocycles. The number of hydrogen-bond acceptors (Lipinski definition) is 2. The normalized spacial score (nSPS) is 11.9. The number of carboxylic acids is 1. The number of aryl methyl sites for hydroxylation is 1. The Balaban J connectivity index is 2.18. The third-order valence-corrected chi connectivity index (χ3v) is 3.01. The maximum Gasteiger partial charge on any atom is 0.335 e. The van der Waals surface area contributed by atoms with Gasteiger partial charge in [-0.05, 0) is 43.2 Å². The van der Waals surface area contributed by atoms with E-state index >= 15 is 0 Å². The second kappa shape index (κ2) is 5.57. The number of carbonyl (C=O) groups is 1. The zero-order chi connectivity index (χ0) is 13.8. The van der Waals surface area contributed by atoms with E-state index in [-0.39, 0.29) is 6.10 Å². The second-order valence-corrected chi connectivity index (χ2v) is 4.45. The highest BCUT2D eigenvalue weighted by molar-refractivity contribution is 5.89. The van der Waals surface area contributed by atoms with Crippen molar-refractivity contribution < 1.29 is 14.6 Å². The van der Waals surface area contributed by atoms with E-state index in [1.807, 2.05) is 43.3 Å². The predicted molar refractivity (Wildman–Crippen MR) is 73.6 cm³/mol. The molecule has 0 fully saturated rings. The maximum absolute atomic E-state index is 11.0. The Kier molecular flexibility index (Phi) is 3.85. The number of carboxylic acid groups (broad SMARTS) is 1. The van der Waals surface area contributed by atoms with Crippen LogP contribution < -0.4 is 4.74 Å². The minimum absolute atomic E-state index is 0.121. The number of para-hydroxylation sites is 1. The van der Waals surface area contributed by atoms with Gasteiger partial charge in [-0.2, -0.15) is 0 Å². The highest BCUT2D eigenvalue weighted by Crippen LogP contribution is 2.23. The van der Waals surface area contributed by atoms with Crippen LogP contribution >= 0.6 is 0 Å². The van der Waals surface area contributed by atoms with Crippen LogP contribution in [0.25, 0.3) is 0 Å². The zero-order valence-corrected chi connectivity index (χ0v) is 11.0. The van der Waals surface area contributed by atoms with Crippen molar-refractivity contribution in [2.75, 3.05) is 0 Å². The fourth-order valence-corrected chi connectivity index (χ4v) is 1.95. The van der Waals surface area contributed by atoms with Crippen molar-refractivity contribution in [3.05, 3.63) is 65.2 Å². The van der Waals surface area contributed by atoms with Gasteiger partial charge in [0.1, 0.15) is 11.9 Å². The number of aromatic carboxylic acids is 1. The quantitative estimate of drug-likeness (QED) is 0.904. The molecule has 1 N–H and O–H groups in total. The average molecular weight is 256 g/mol. The SMILES string of the molecule is Cc1cc(C(C)Oc2ccccc2)ccc1C(=O)O. The molecule has 0 saturated carbocycles. The summed E-state index contributed by atoms with van der Waals surface area (Å²) in [5.41, 5.74) is 2.04. The van der Waals surface area contributed by atoms with Crippen LogP contribution in [0.15, 0.2) is 48.5 Å². The summed E-state index contributed by atoms with van der Waals surface area (Å²) in [5, 5.41) is 9.00. The van der Waals surface area contributed by atoms with E-state index in [1.54, 1.807) is 19.1 Å². The fourth-order valence-electron chi connectivity index (χ4n) is 1.95. The van der Waals surface area contributed by atoms with Crippen molar-refractivity contribution in [2.45, 2.75) is 20.0 Å². The van der Waals surface area contributed by atoms with Gasteiger partial charge in [0.2, 0.25) is 0 Å². The number of hydrogen-bond donors (Lipinski definition) is 1. The van der Waals surface area contributed by atoms with Gasteiger partial charge in [-0.15, -0.1) is 0 Å². The minimum atomic E-state index is -0.902. The van der Waals surface area contributed by atoms with Crippen LogP contribution in [0, 0.1) is 6.92 Å². The van der Waals surface area contributed by atoms with E-state index in [9.17, 15) is 4.79 Å². The van der Waals surface area contributed by atoms with Gasteiger partial charge < -0.3 is 9.84 Å². The first-order valence-corrected chi connectivity index (χ1v) is 6.13. The summed E-state index contributed by atoms with van der Waals surface area (Å²) in [5.74, 6) is -0.101. The number of ether oxygens (including phenoxy) is 1. The molecule has 98 valence electrons. The van der Waals surface area contributed by atoms with Crippen molar-refractivity contribution in [1.29, 1.82) is 0 Å². The molecule has 0 amide bonds. The number of benzene rings is 2. The van der Waals surface area contributed by atoms with Crippen molar-refractivity contribution >= 4 is 5.97 Å². The molecule has 0 aliphatic rings. The molecule has 0 spiro atoms. The van der Waals surface area contributed by atoms with Crippen LogP contribution in [-0.2, 0) is 0 Å².